The average Bonchev–Trinajstić information content (AvgIpc) is 2.62. The van der Waals surface area contributed by atoms with Crippen molar-refractivity contribution in [3.05, 3.63) is 47.7 Å². The van der Waals surface area contributed by atoms with Crippen molar-refractivity contribution in [2.75, 3.05) is 19.5 Å². The van der Waals surface area contributed by atoms with Gasteiger partial charge in [0.1, 0.15) is 6.07 Å². The van der Waals surface area contributed by atoms with E-state index in [-0.39, 0.29) is 5.69 Å². The summed E-state index contributed by atoms with van der Waals surface area (Å²) in [4.78, 5) is 0. The normalized spacial score (nSPS) is 10.2. The lowest BCUT2D eigenvalue weighted by Gasteiger charge is -2.13. The lowest BCUT2D eigenvalue weighted by atomic mass is 10.1. The van der Waals surface area contributed by atoms with E-state index in [4.69, 9.17) is 9.47 Å². The zero-order valence-electron chi connectivity index (χ0n) is 13.6. The molecule has 0 saturated carbocycles. The molecule has 0 unspecified atom stereocenters. The summed E-state index contributed by atoms with van der Waals surface area (Å²) < 4.78 is 10.6. The second-order valence-electron chi connectivity index (χ2n) is 5.25. The van der Waals surface area contributed by atoms with Gasteiger partial charge in [-0.05, 0) is 31.2 Å². The molecule has 0 atom stereocenters. The molecule has 3 aromatic rings. The number of nitrogens with zero attached hydrogens (tertiary/aromatic N) is 3. The van der Waals surface area contributed by atoms with Crippen LogP contribution in [0.5, 0.6) is 11.5 Å². The Hall–Kier alpha value is -3.33. The number of nitriles is 1. The SMILES string of the molecule is COc1ccc(Nc2c(C#N)nnc3ccc(C)cc23)cc1OC. The molecule has 0 spiro atoms. The molecule has 24 heavy (non-hydrogen) atoms. The van der Waals surface area contributed by atoms with E-state index in [0.717, 1.165) is 22.2 Å². The second-order valence-corrected chi connectivity index (χ2v) is 5.25. The van der Waals surface area contributed by atoms with Crippen LogP contribution in [-0.4, -0.2) is 24.4 Å². The Bertz CT molecular complexity index is 948. The highest BCUT2D eigenvalue weighted by molar-refractivity contribution is 5.95. The van der Waals surface area contributed by atoms with Crippen molar-refractivity contribution >= 4 is 22.3 Å². The minimum Gasteiger partial charge on any atom is -0.493 e. The van der Waals surface area contributed by atoms with Crippen molar-refractivity contribution in [2.45, 2.75) is 6.92 Å². The highest BCUT2D eigenvalue weighted by Crippen LogP contribution is 2.33. The third kappa shape index (κ3) is 2.79. The average molecular weight is 320 g/mol. The number of fused-ring (bicyclic) bond motifs is 1. The Kier molecular flexibility index (Phi) is 4.17. The number of hydrogen-bond donors (Lipinski definition) is 1. The molecule has 120 valence electrons. The number of nitrogens with one attached hydrogen (secondary N) is 1. The molecule has 0 amide bonds. The van der Waals surface area contributed by atoms with Gasteiger partial charge in [-0.25, -0.2) is 0 Å². The number of anilines is 2. The van der Waals surface area contributed by atoms with E-state index in [0.29, 0.717) is 17.2 Å². The first-order chi connectivity index (χ1) is 11.7. The standard InChI is InChI=1S/C18H16N4O2/c1-11-4-6-14-13(8-11)18(15(10-19)22-21-14)20-12-5-7-16(23-2)17(9-12)24-3/h4-9H,1-3H3,(H,20,21). The summed E-state index contributed by atoms with van der Waals surface area (Å²) in [6.45, 7) is 1.99. The predicted octanol–water partition coefficient (Wildman–Crippen LogP) is 3.57. The van der Waals surface area contributed by atoms with Crippen molar-refractivity contribution in [3.8, 4) is 17.6 Å². The summed E-state index contributed by atoms with van der Waals surface area (Å²) in [5, 5.41) is 21.6. The maximum atomic E-state index is 9.37. The molecule has 0 aliphatic rings. The molecular weight excluding hydrogens is 304 g/mol. The molecule has 0 radical (unpaired) electrons. The van der Waals surface area contributed by atoms with E-state index >= 15 is 0 Å². The van der Waals surface area contributed by atoms with Crippen LogP contribution in [0, 0.1) is 18.3 Å². The maximum absolute atomic E-state index is 9.37. The van der Waals surface area contributed by atoms with Crippen molar-refractivity contribution in [3.63, 3.8) is 0 Å². The Morgan fingerprint density at radius 3 is 2.50 bits per heavy atom. The van der Waals surface area contributed by atoms with Crippen LogP contribution in [0.3, 0.4) is 0 Å². The van der Waals surface area contributed by atoms with Crippen molar-refractivity contribution in [1.29, 1.82) is 5.26 Å². The van der Waals surface area contributed by atoms with Crippen LogP contribution in [0.25, 0.3) is 10.9 Å². The van der Waals surface area contributed by atoms with Crippen LogP contribution in [-0.2, 0) is 0 Å². The molecule has 2 aromatic carbocycles. The maximum Gasteiger partial charge on any atom is 0.187 e. The molecule has 0 aliphatic heterocycles. The van der Waals surface area contributed by atoms with E-state index in [1.54, 1.807) is 20.3 Å². The van der Waals surface area contributed by atoms with Gasteiger partial charge < -0.3 is 14.8 Å². The molecule has 6 nitrogen and oxygen atoms in total. The van der Waals surface area contributed by atoms with E-state index in [2.05, 4.69) is 21.6 Å². The number of aryl methyl sites for hydroxylation is 1. The fraction of sp³-hybridized carbons (Fsp3) is 0.167. The van der Waals surface area contributed by atoms with E-state index in [1.165, 1.54) is 0 Å². The molecule has 1 N–H and O–H groups in total. The summed E-state index contributed by atoms with van der Waals surface area (Å²) in [5.41, 5.74) is 3.43. The number of hydrogen-bond acceptors (Lipinski definition) is 6. The zero-order chi connectivity index (χ0) is 17.1. The van der Waals surface area contributed by atoms with Crippen LogP contribution >= 0.6 is 0 Å². The fourth-order valence-corrected chi connectivity index (χ4v) is 2.48. The van der Waals surface area contributed by atoms with Gasteiger partial charge in [0.25, 0.3) is 0 Å². The molecule has 0 aliphatic carbocycles. The third-order valence-corrected chi connectivity index (χ3v) is 3.67. The van der Waals surface area contributed by atoms with Gasteiger partial charge >= 0.3 is 0 Å². The Labute approximate surface area is 139 Å². The van der Waals surface area contributed by atoms with Gasteiger partial charge in [0.2, 0.25) is 0 Å². The Morgan fingerprint density at radius 1 is 1.00 bits per heavy atom. The molecule has 3 rings (SSSR count). The van der Waals surface area contributed by atoms with Crippen LogP contribution in [0.2, 0.25) is 0 Å². The van der Waals surface area contributed by atoms with Crippen LogP contribution in [0.4, 0.5) is 11.4 Å². The number of benzene rings is 2. The lowest BCUT2D eigenvalue weighted by Crippen LogP contribution is -2.01. The molecular formula is C18H16N4O2. The molecule has 6 heteroatoms. The number of methoxy groups -OCH3 is 2. The molecule has 0 fully saturated rings. The van der Waals surface area contributed by atoms with Gasteiger partial charge in [-0.3, -0.25) is 0 Å². The van der Waals surface area contributed by atoms with Crippen LogP contribution in [0.1, 0.15) is 11.3 Å². The summed E-state index contributed by atoms with van der Waals surface area (Å²) >= 11 is 0. The summed E-state index contributed by atoms with van der Waals surface area (Å²) in [6, 6.07) is 13.4. The quantitative estimate of drug-likeness (QED) is 0.791. The highest BCUT2D eigenvalue weighted by Gasteiger charge is 2.12. The Balaban J connectivity index is 2.12. The Morgan fingerprint density at radius 2 is 1.79 bits per heavy atom. The van der Waals surface area contributed by atoms with Gasteiger partial charge in [0, 0.05) is 17.1 Å². The van der Waals surface area contributed by atoms with E-state index < -0.39 is 0 Å². The van der Waals surface area contributed by atoms with E-state index in [1.807, 2.05) is 37.3 Å². The van der Waals surface area contributed by atoms with E-state index in [9.17, 15) is 5.26 Å². The minimum atomic E-state index is 0.239. The minimum absolute atomic E-state index is 0.239. The largest absolute Gasteiger partial charge is 0.493 e. The topological polar surface area (TPSA) is 80.1 Å². The van der Waals surface area contributed by atoms with Crippen LogP contribution < -0.4 is 14.8 Å². The van der Waals surface area contributed by atoms with Gasteiger partial charge in [-0.15, -0.1) is 10.2 Å². The highest BCUT2D eigenvalue weighted by atomic mass is 16.5. The smallest absolute Gasteiger partial charge is 0.187 e. The predicted molar refractivity (Wildman–Crippen MR) is 91.8 cm³/mol. The molecule has 0 saturated heterocycles. The zero-order valence-corrected chi connectivity index (χ0v) is 13.6. The van der Waals surface area contributed by atoms with Gasteiger partial charge in [-0.2, -0.15) is 5.26 Å². The van der Waals surface area contributed by atoms with Crippen LogP contribution in [0.15, 0.2) is 36.4 Å². The first-order valence-corrected chi connectivity index (χ1v) is 7.32. The second kappa shape index (κ2) is 6.42. The summed E-state index contributed by atoms with van der Waals surface area (Å²) in [5.74, 6) is 1.24. The van der Waals surface area contributed by atoms with Crippen molar-refractivity contribution < 1.29 is 9.47 Å². The molecule has 0 bridgehead atoms. The summed E-state index contributed by atoms with van der Waals surface area (Å²) in [6.07, 6.45) is 0. The first kappa shape index (κ1) is 15.6. The van der Waals surface area contributed by atoms with Gasteiger partial charge in [0.15, 0.2) is 17.2 Å². The molecule has 1 aromatic heterocycles. The summed E-state index contributed by atoms with van der Waals surface area (Å²) in [7, 11) is 3.16. The lowest BCUT2D eigenvalue weighted by molar-refractivity contribution is 0.355. The number of rotatable bonds is 4. The van der Waals surface area contributed by atoms with Gasteiger partial charge in [0.05, 0.1) is 25.4 Å². The van der Waals surface area contributed by atoms with Crippen molar-refractivity contribution in [1.82, 2.24) is 10.2 Å². The molecule has 1 heterocycles. The fourth-order valence-electron chi connectivity index (χ4n) is 2.48. The monoisotopic (exact) mass is 320 g/mol. The first-order valence-electron chi connectivity index (χ1n) is 7.32. The van der Waals surface area contributed by atoms with Gasteiger partial charge in [-0.1, -0.05) is 11.6 Å². The van der Waals surface area contributed by atoms with Crippen molar-refractivity contribution in [2.24, 2.45) is 0 Å². The number of ether oxygens (including phenoxy) is 2. The number of aromatic nitrogens is 2. The third-order valence-electron chi connectivity index (χ3n) is 3.67.